The normalized spacial score (nSPS) is 19.6. The van der Waals surface area contributed by atoms with Crippen LogP contribution in [0.4, 0.5) is 22.0 Å². The molecule has 7 nitrogen and oxygen atoms in total. The number of halogens is 5. The number of rotatable bonds is 4. The Balaban J connectivity index is 1.44. The molecular formula is C22H18F5N3O4. The van der Waals surface area contributed by atoms with Gasteiger partial charge in [-0.05, 0) is 49.9 Å². The predicted octanol–water partition coefficient (Wildman–Crippen LogP) is 5.12. The van der Waals surface area contributed by atoms with E-state index in [0.717, 1.165) is 4.68 Å². The standard InChI is InChI=1S/C22H18F5N3O4/c1-11(12-5-6-16-17(9-12)34-22(26,27)33-16)32-18-10-13(7-8-28-18)30-19-14(3-2-4-15(19)31)20(29-30)21(23,24)25/h5-11,15,31H,2-4H2,1H3/t11-,15+/m0/s1. The molecule has 3 heterocycles. The summed E-state index contributed by atoms with van der Waals surface area (Å²) >= 11 is 0. The van der Waals surface area contributed by atoms with Crippen molar-refractivity contribution in [2.75, 3.05) is 0 Å². The lowest BCUT2D eigenvalue weighted by Gasteiger charge is -2.20. The number of aliphatic hydroxyl groups excluding tert-OH is 1. The summed E-state index contributed by atoms with van der Waals surface area (Å²) in [4.78, 5) is 4.09. The number of ether oxygens (including phenoxy) is 3. The van der Waals surface area contributed by atoms with Crippen molar-refractivity contribution in [3.63, 3.8) is 0 Å². The summed E-state index contributed by atoms with van der Waals surface area (Å²) in [5, 5.41) is 14.2. The largest absolute Gasteiger partial charge is 0.586 e. The van der Waals surface area contributed by atoms with Crippen LogP contribution in [0.15, 0.2) is 36.5 Å². The van der Waals surface area contributed by atoms with E-state index in [0.29, 0.717) is 18.4 Å². The van der Waals surface area contributed by atoms with Crippen molar-refractivity contribution in [1.29, 1.82) is 0 Å². The number of nitrogens with zero attached hydrogens (tertiary/aromatic N) is 3. The van der Waals surface area contributed by atoms with E-state index in [1.807, 2.05) is 0 Å². The maximum Gasteiger partial charge on any atom is 0.586 e. The fourth-order valence-corrected chi connectivity index (χ4v) is 4.15. The average Bonchev–Trinajstić information content (AvgIpc) is 3.30. The molecule has 2 aliphatic rings. The quantitative estimate of drug-likeness (QED) is 0.520. The minimum Gasteiger partial charge on any atom is -0.470 e. The first-order valence-corrected chi connectivity index (χ1v) is 10.4. The molecule has 5 rings (SSSR count). The van der Waals surface area contributed by atoms with E-state index < -0.39 is 30.4 Å². The van der Waals surface area contributed by atoms with Crippen LogP contribution in [0, 0.1) is 0 Å². The molecule has 3 aromatic rings. The van der Waals surface area contributed by atoms with Gasteiger partial charge < -0.3 is 19.3 Å². The van der Waals surface area contributed by atoms with Gasteiger partial charge in [0.1, 0.15) is 6.10 Å². The van der Waals surface area contributed by atoms with Crippen LogP contribution in [0.5, 0.6) is 17.4 Å². The number of aromatic nitrogens is 3. The molecule has 180 valence electrons. The minimum absolute atomic E-state index is 0.0175. The Morgan fingerprint density at radius 2 is 1.94 bits per heavy atom. The van der Waals surface area contributed by atoms with Crippen molar-refractivity contribution in [2.24, 2.45) is 0 Å². The summed E-state index contributed by atoms with van der Waals surface area (Å²) in [6, 6.07) is 7.04. The van der Waals surface area contributed by atoms with Gasteiger partial charge >= 0.3 is 12.5 Å². The van der Waals surface area contributed by atoms with Crippen LogP contribution >= 0.6 is 0 Å². The van der Waals surface area contributed by atoms with Crippen LogP contribution < -0.4 is 14.2 Å². The molecule has 1 N–H and O–H groups in total. The molecule has 0 bridgehead atoms. The maximum atomic E-state index is 13.6. The lowest BCUT2D eigenvalue weighted by molar-refractivity contribution is -0.286. The molecule has 1 aliphatic heterocycles. The van der Waals surface area contributed by atoms with Gasteiger partial charge in [0.05, 0.1) is 17.5 Å². The Hall–Kier alpha value is -3.41. The molecule has 0 radical (unpaired) electrons. The van der Waals surface area contributed by atoms with E-state index in [-0.39, 0.29) is 40.7 Å². The Labute approximate surface area is 189 Å². The van der Waals surface area contributed by atoms with Gasteiger partial charge in [-0.25, -0.2) is 9.67 Å². The van der Waals surface area contributed by atoms with Gasteiger partial charge in [0.25, 0.3) is 0 Å². The fourth-order valence-electron chi connectivity index (χ4n) is 4.15. The zero-order chi connectivity index (χ0) is 24.3. The first-order chi connectivity index (χ1) is 16.0. The third-order valence-corrected chi connectivity index (χ3v) is 5.67. The topological polar surface area (TPSA) is 78.6 Å². The third kappa shape index (κ3) is 4.02. The van der Waals surface area contributed by atoms with Crippen molar-refractivity contribution < 1.29 is 41.3 Å². The van der Waals surface area contributed by atoms with Crippen molar-refractivity contribution in [3.05, 3.63) is 59.0 Å². The molecule has 0 fully saturated rings. The Bertz CT molecular complexity index is 1240. The number of aliphatic hydroxyl groups is 1. The number of fused-ring (bicyclic) bond motifs is 2. The smallest absolute Gasteiger partial charge is 0.470 e. The number of hydrogen-bond donors (Lipinski definition) is 1. The maximum absolute atomic E-state index is 13.6. The molecule has 0 amide bonds. The van der Waals surface area contributed by atoms with Crippen LogP contribution in [0.25, 0.3) is 5.69 Å². The van der Waals surface area contributed by atoms with Gasteiger partial charge in [-0.2, -0.15) is 18.3 Å². The zero-order valence-electron chi connectivity index (χ0n) is 17.6. The van der Waals surface area contributed by atoms with Gasteiger partial charge in [-0.3, -0.25) is 0 Å². The van der Waals surface area contributed by atoms with Gasteiger partial charge in [0.15, 0.2) is 17.2 Å². The molecule has 2 aromatic heterocycles. The van der Waals surface area contributed by atoms with Crippen molar-refractivity contribution in [3.8, 4) is 23.1 Å². The highest BCUT2D eigenvalue weighted by molar-refractivity contribution is 5.46. The van der Waals surface area contributed by atoms with Crippen molar-refractivity contribution in [1.82, 2.24) is 14.8 Å². The van der Waals surface area contributed by atoms with Crippen LogP contribution in [0.3, 0.4) is 0 Å². The number of alkyl halides is 5. The molecule has 12 heteroatoms. The van der Waals surface area contributed by atoms with Crippen LogP contribution in [-0.4, -0.2) is 26.2 Å². The molecule has 1 aliphatic carbocycles. The molecule has 1 aromatic carbocycles. The van der Waals surface area contributed by atoms with E-state index in [4.69, 9.17) is 4.74 Å². The highest BCUT2D eigenvalue weighted by atomic mass is 19.4. The summed E-state index contributed by atoms with van der Waals surface area (Å²) in [5.41, 5.74) is -0.226. The molecule has 0 spiro atoms. The van der Waals surface area contributed by atoms with E-state index in [2.05, 4.69) is 19.6 Å². The predicted molar refractivity (Wildman–Crippen MR) is 106 cm³/mol. The van der Waals surface area contributed by atoms with E-state index in [9.17, 15) is 27.1 Å². The lowest BCUT2D eigenvalue weighted by Crippen LogP contribution is -2.25. The molecule has 0 unspecified atom stereocenters. The van der Waals surface area contributed by atoms with Crippen molar-refractivity contribution in [2.45, 2.75) is 50.9 Å². The SMILES string of the molecule is C[C@H](Oc1cc(-n2nc(C(F)(F)F)c3c2[C@H](O)CCC3)ccn1)c1ccc2c(c1)OC(F)(F)O2. The highest BCUT2D eigenvalue weighted by Gasteiger charge is 2.44. The Morgan fingerprint density at radius 1 is 1.18 bits per heavy atom. The summed E-state index contributed by atoms with van der Waals surface area (Å²) in [6.45, 7) is 1.64. The van der Waals surface area contributed by atoms with E-state index in [1.54, 1.807) is 6.92 Å². The summed E-state index contributed by atoms with van der Waals surface area (Å²) in [5.74, 6) is -0.184. The van der Waals surface area contributed by atoms with E-state index in [1.165, 1.54) is 36.5 Å². The number of pyridine rings is 1. The second-order valence-corrected chi connectivity index (χ2v) is 8.02. The second kappa shape index (κ2) is 7.83. The first-order valence-electron chi connectivity index (χ1n) is 10.4. The van der Waals surface area contributed by atoms with Crippen LogP contribution in [0.1, 0.15) is 54.5 Å². The highest BCUT2D eigenvalue weighted by Crippen LogP contribution is 2.43. The van der Waals surface area contributed by atoms with Crippen LogP contribution in [-0.2, 0) is 12.6 Å². The molecule has 34 heavy (non-hydrogen) atoms. The summed E-state index contributed by atoms with van der Waals surface area (Å²) < 4.78 is 82.9. The molecular weight excluding hydrogens is 465 g/mol. The van der Waals surface area contributed by atoms with Gasteiger partial charge in [0, 0.05) is 17.8 Å². The minimum atomic E-state index is -4.66. The third-order valence-electron chi connectivity index (χ3n) is 5.67. The first kappa shape index (κ1) is 22.4. The molecule has 0 saturated heterocycles. The fraction of sp³-hybridized carbons (Fsp3) is 0.364. The van der Waals surface area contributed by atoms with E-state index >= 15 is 0 Å². The average molecular weight is 483 g/mol. The van der Waals surface area contributed by atoms with Crippen molar-refractivity contribution >= 4 is 0 Å². The summed E-state index contributed by atoms with van der Waals surface area (Å²) in [6.07, 6.45) is -7.92. The number of hydrogen-bond acceptors (Lipinski definition) is 6. The van der Waals surface area contributed by atoms with Gasteiger partial charge in [-0.15, -0.1) is 8.78 Å². The Morgan fingerprint density at radius 3 is 2.71 bits per heavy atom. The number of benzene rings is 1. The zero-order valence-corrected chi connectivity index (χ0v) is 17.6. The summed E-state index contributed by atoms with van der Waals surface area (Å²) in [7, 11) is 0. The Kier molecular flexibility index (Phi) is 5.15. The molecule has 0 saturated carbocycles. The van der Waals surface area contributed by atoms with Crippen LogP contribution in [0.2, 0.25) is 0 Å². The van der Waals surface area contributed by atoms with Gasteiger partial charge in [-0.1, -0.05) is 6.07 Å². The van der Waals surface area contributed by atoms with Gasteiger partial charge in [0.2, 0.25) is 5.88 Å². The lowest BCUT2D eigenvalue weighted by atomic mass is 9.93. The molecule has 2 atom stereocenters. The monoisotopic (exact) mass is 483 g/mol. The second-order valence-electron chi connectivity index (χ2n) is 8.02.